The second-order valence-electron chi connectivity index (χ2n) is 31.8. The van der Waals surface area contributed by atoms with Gasteiger partial charge in [0.25, 0.3) is 0 Å². The largest absolute Gasteiger partial charge is 0.472 e. The first kappa shape index (κ1) is 104. The molecule has 0 rings (SSSR count). The van der Waals surface area contributed by atoms with E-state index in [0.29, 0.717) is 25.7 Å². The number of carbonyl (C=O) groups excluding carboxylic acids is 4. The minimum absolute atomic E-state index is 0.109. The molecule has 2 unspecified atom stereocenters. The van der Waals surface area contributed by atoms with Crippen LogP contribution >= 0.6 is 15.6 Å². The zero-order valence-corrected chi connectivity index (χ0v) is 71.4. The molecular weight excluding hydrogens is 1380 g/mol. The van der Waals surface area contributed by atoms with Crippen molar-refractivity contribution in [3.05, 3.63) is 0 Å². The Labute approximate surface area is 651 Å². The van der Waals surface area contributed by atoms with E-state index in [4.69, 9.17) is 37.0 Å². The highest BCUT2D eigenvalue weighted by Gasteiger charge is 2.30. The predicted octanol–water partition coefficient (Wildman–Crippen LogP) is 26.8. The molecule has 0 fully saturated rings. The molecule has 630 valence electrons. The number of ether oxygens (including phenoxy) is 4. The first-order chi connectivity index (χ1) is 51.5. The van der Waals surface area contributed by atoms with Crippen molar-refractivity contribution < 1.29 is 80.2 Å². The normalized spacial score (nSPS) is 13.7. The average Bonchev–Trinajstić information content (AvgIpc) is 0.902. The molecule has 0 aliphatic carbocycles. The zero-order chi connectivity index (χ0) is 77.6. The van der Waals surface area contributed by atoms with Crippen LogP contribution in [0.5, 0.6) is 0 Å². The summed E-state index contributed by atoms with van der Waals surface area (Å²) in [6.07, 6.45) is 73.6. The summed E-state index contributed by atoms with van der Waals surface area (Å²) in [5, 5.41) is 10.7. The van der Waals surface area contributed by atoms with Crippen LogP contribution in [0.2, 0.25) is 0 Å². The van der Waals surface area contributed by atoms with Gasteiger partial charge in [-0.15, -0.1) is 0 Å². The summed E-state index contributed by atoms with van der Waals surface area (Å²) in [6, 6.07) is 0. The number of unbranched alkanes of at least 4 members (excludes halogenated alkanes) is 59. The molecule has 3 N–H and O–H groups in total. The molecule has 0 aliphatic rings. The summed E-state index contributed by atoms with van der Waals surface area (Å²) >= 11 is 0. The lowest BCUT2D eigenvalue weighted by molar-refractivity contribution is -0.161. The van der Waals surface area contributed by atoms with Gasteiger partial charge in [0.1, 0.15) is 19.3 Å². The van der Waals surface area contributed by atoms with Crippen molar-refractivity contribution in [1.82, 2.24) is 0 Å². The van der Waals surface area contributed by atoms with Crippen LogP contribution in [0.25, 0.3) is 0 Å². The Bertz CT molecular complexity index is 2010. The molecule has 19 heteroatoms. The first-order valence-corrected chi connectivity index (χ1v) is 48.1. The second kappa shape index (κ2) is 79.7. The van der Waals surface area contributed by atoms with E-state index in [2.05, 4.69) is 34.6 Å². The van der Waals surface area contributed by atoms with Crippen molar-refractivity contribution >= 4 is 39.5 Å². The van der Waals surface area contributed by atoms with Crippen LogP contribution in [0.4, 0.5) is 0 Å². The van der Waals surface area contributed by atoms with Gasteiger partial charge in [-0.1, -0.05) is 420 Å². The summed E-state index contributed by atoms with van der Waals surface area (Å²) in [5.74, 6) is -1.29. The van der Waals surface area contributed by atoms with Gasteiger partial charge in [0.05, 0.1) is 26.4 Å². The molecule has 0 heterocycles. The van der Waals surface area contributed by atoms with Gasteiger partial charge in [-0.05, 0) is 31.6 Å². The third-order valence-electron chi connectivity index (χ3n) is 20.5. The van der Waals surface area contributed by atoms with Crippen molar-refractivity contribution in [3.8, 4) is 0 Å². The number of phosphoric acid groups is 2. The third-order valence-corrected chi connectivity index (χ3v) is 22.4. The Morgan fingerprint density at radius 2 is 0.434 bits per heavy atom. The van der Waals surface area contributed by atoms with Crippen LogP contribution < -0.4 is 0 Å². The molecule has 0 amide bonds. The number of carbonyl (C=O) groups is 4. The molecular formula is C87H170O17P2. The number of aliphatic hydroxyl groups excluding tert-OH is 1. The van der Waals surface area contributed by atoms with Gasteiger partial charge in [-0.2, -0.15) is 0 Å². The molecule has 0 aromatic rings. The van der Waals surface area contributed by atoms with E-state index in [1.54, 1.807) is 0 Å². The lowest BCUT2D eigenvalue weighted by Gasteiger charge is -2.21. The highest BCUT2D eigenvalue weighted by atomic mass is 31.2. The molecule has 0 bridgehead atoms. The van der Waals surface area contributed by atoms with Gasteiger partial charge in [0.2, 0.25) is 0 Å². The molecule has 0 radical (unpaired) electrons. The predicted molar refractivity (Wildman–Crippen MR) is 437 cm³/mol. The Hall–Kier alpha value is -1.94. The van der Waals surface area contributed by atoms with Crippen molar-refractivity contribution in [2.24, 2.45) is 5.92 Å². The number of hydrogen-bond donors (Lipinski definition) is 3. The summed E-state index contributed by atoms with van der Waals surface area (Å²) < 4.78 is 68.9. The van der Waals surface area contributed by atoms with Crippen LogP contribution in [0.3, 0.4) is 0 Å². The van der Waals surface area contributed by atoms with E-state index < -0.39 is 97.5 Å². The van der Waals surface area contributed by atoms with Gasteiger partial charge in [-0.3, -0.25) is 37.3 Å². The smallest absolute Gasteiger partial charge is 0.462 e. The molecule has 5 atom stereocenters. The quantitative estimate of drug-likeness (QED) is 0.0222. The SMILES string of the molecule is CCCCCCCCCCCCCCCCCCCCCCCCC(=O)O[C@H](COC(=O)CCCCCCCCCCCCCCCCCC(C)C)COP(=O)(O)OC[C@@H](O)COP(=O)(O)OC[C@@H](COC(=O)CCCCCCCCCCCCCC)OC(=O)CCCCCCCCCCCCCCCC. The molecule has 0 spiro atoms. The fraction of sp³-hybridized carbons (Fsp3) is 0.954. The van der Waals surface area contributed by atoms with Gasteiger partial charge in [-0.25, -0.2) is 9.13 Å². The summed E-state index contributed by atoms with van der Waals surface area (Å²) in [5.41, 5.74) is 0. The maximum atomic E-state index is 13.2. The van der Waals surface area contributed by atoms with Gasteiger partial charge in [0.15, 0.2) is 12.2 Å². The third kappa shape index (κ3) is 80.1. The van der Waals surface area contributed by atoms with Crippen LogP contribution in [0, 0.1) is 5.92 Å². The highest BCUT2D eigenvalue weighted by Crippen LogP contribution is 2.45. The topological polar surface area (TPSA) is 237 Å². The second-order valence-corrected chi connectivity index (χ2v) is 34.7. The fourth-order valence-corrected chi connectivity index (χ4v) is 15.2. The molecule has 0 saturated carbocycles. The van der Waals surface area contributed by atoms with E-state index in [-0.39, 0.29) is 25.7 Å². The number of aliphatic hydroxyl groups is 1. The van der Waals surface area contributed by atoms with Crippen LogP contribution in [-0.2, 0) is 65.4 Å². The first-order valence-electron chi connectivity index (χ1n) is 45.1. The van der Waals surface area contributed by atoms with E-state index in [0.717, 1.165) is 95.8 Å². The van der Waals surface area contributed by atoms with Crippen molar-refractivity contribution in [3.63, 3.8) is 0 Å². The van der Waals surface area contributed by atoms with Gasteiger partial charge >= 0.3 is 39.5 Å². The van der Waals surface area contributed by atoms with Crippen molar-refractivity contribution in [2.45, 2.75) is 490 Å². The Morgan fingerprint density at radius 1 is 0.255 bits per heavy atom. The minimum atomic E-state index is -4.97. The molecule has 0 saturated heterocycles. The van der Waals surface area contributed by atoms with Crippen molar-refractivity contribution in [2.75, 3.05) is 39.6 Å². The molecule has 106 heavy (non-hydrogen) atoms. The lowest BCUT2D eigenvalue weighted by atomic mass is 10.0. The zero-order valence-electron chi connectivity index (χ0n) is 69.6. The maximum Gasteiger partial charge on any atom is 0.472 e. The summed E-state index contributed by atoms with van der Waals surface area (Å²) in [6.45, 7) is 7.40. The minimum Gasteiger partial charge on any atom is -0.462 e. The van der Waals surface area contributed by atoms with Gasteiger partial charge < -0.3 is 33.8 Å². The Balaban J connectivity index is 5.23. The van der Waals surface area contributed by atoms with E-state index in [1.165, 1.54) is 295 Å². The van der Waals surface area contributed by atoms with E-state index in [9.17, 15) is 43.2 Å². The van der Waals surface area contributed by atoms with E-state index >= 15 is 0 Å². The van der Waals surface area contributed by atoms with Crippen LogP contribution in [0.15, 0.2) is 0 Å². The number of esters is 4. The number of phosphoric ester groups is 2. The van der Waals surface area contributed by atoms with Crippen LogP contribution in [-0.4, -0.2) is 96.7 Å². The molecule has 0 aliphatic heterocycles. The molecule has 0 aromatic carbocycles. The highest BCUT2D eigenvalue weighted by molar-refractivity contribution is 7.47. The standard InChI is InChI=1S/C87H170O17P2/c1-6-9-12-15-18-21-24-27-29-30-31-32-33-34-35-38-43-48-53-58-63-68-73-87(92)104-83(77-98-85(90)71-66-61-56-51-46-42-39-36-37-40-44-49-54-59-64-69-80(4)5)79-102-106(95,96)100-75-81(88)74-99-105(93,94)101-78-82(76-97-84(89)70-65-60-55-50-45-26-23-20-17-14-11-8-3)103-86(91)72-67-62-57-52-47-41-28-25-22-19-16-13-10-7-2/h80-83,88H,6-79H2,1-5H3,(H,93,94)(H,95,96)/t81-,82+,83+/m0/s1. The fourth-order valence-electron chi connectivity index (χ4n) is 13.6. The molecule has 0 aromatic heterocycles. The van der Waals surface area contributed by atoms with Crippen LogP contribution in [0.1, 0.15) is 471 Å². The Morgan fingerprint density at radius 3 is 0.642 bits per heavy atom. The maximum absolute atomic E-state index is 13.2. The van der Waals surface area contributed by atoms with Gasteiger partial charge in [0, 0.05) is 25.7 Å². The van der Waals surface area contributed by atoms with Crippen molar-refractivity contribution in [1.29, 1.82) is 0 Å². The monoisotopic (exact) mass is 1550 g/mol. The summed E-state index contributed by atoms with van der Waals surface area (Å²) in [4.78, 5) is 73.3. The lowest BCUT2D eigenvalue weighted by Crippen LogP contribution is -2.30. The summed E-state index contributed by atoms with van der Waals surface area (Å²) in [7, 11) is -9.93. The Kier molecular flexibility index (Phi) is 78.2. The number of rotatable bonds is 87. The average molecular weight is 1550 g/mol. The molecule has 17 nitrogen and oxygen atoms in total. The number of hydrogen-bond acceptors (Lipinski definition) is 15. The van der Waals surface area contributed by atoms with E-state index in [1.807, 2.05) is 0 Å².